The monoisotopic (exact) mass is 633 g/mol. The minimum Gasteiger partial charge on any atom is -0.394 e. The van der Waals surface area contributed by atoms with Crippen molar-refractivity contribution in [2.45, 2.75) is 0 Å². The van der Waals surface area contributed by atoms with E-state index < -0.39 is 0 Å². The van der Waals surface area contributed by atoms with Crippen LogP contribution in [-0.4, -0.2) is 190 Å². The number of ether oxygens (including phenoxy) is 13. The van der Waals surface area contributed by atoms with Crippen molar-refractivity contribution < 1.29 is 66.7 Å². The molecule has 0 aliphatic heterocycles. The van der Waals surface area contributed by atoms with E-state index in [1.165, 1.54) is 0 Å². The smallest absolute Gasteiger partial charge is 0.0701 e. The number of rotatable bonds is 40. The van der Waals surface area contributed by atoms with Gasteiger partial charge < -0.3 is 72.4 Å². The van der Waals surface area contributed by atoms with Gasteiger partial charge in [-0.25, -0.2) is 0 Å². The average molecular weight is 634 g/mol. The highest BCUT2D eigenvalue weighted by molar-refractivity contribution is 4.39. The second-order valence-corrected chi connectivity index (χ2v) is 8.47. The molecule has 0 aliphatic rings. The SMILES string of the molecule is NCCOCCOCCOCCOCCOCCOCCOCCOCCOCCOCCOCCOCCOCCO. The van der Waals surface area contributed by atoms with Crippen LogP contribution in [0.2, 0.25) is 0 Å². The van der Waals surface area contributed by atoms with Gasteiger partial charge in [0.1, 0.15) is 0 Å². The van der Waals surface area contributed by atoms with Gasteiger partial charge in [0, 0.05) is 6.54 Å². The van der Waals surface area contributed by atoms with Crippen LogP contribution in [-0.2, 0) is 61.6 Å². The van der Waals surface area contributed by atoms with Crippen LogP contribution in [0.5, 0.6) is 0 Å². The molecule has 15 nitrogen and oxygen atoms in total. The van der Waals surface area contributed by atoms with Crippen molar-refractivity contribution in [2.24, 2.45) is 5.73 Å². The van der Waals surface area contributed by atoms with Crippen molar-refractivity contribution >= 4 is 0 Å². The van der Waals surface area contributed by atoms with E-state index >= 15 is 0 Å². The minimum absolute atomic E-state index is 0.0245. The Bertz CT molecular complexity index is 445. The molecule has 0 saturated heterocycles. The summed E-state index contributed by atoms with van der Waals surface area (Å²) in [7, 11) is 0. The normalized spacial score (nSPS) is 11.6. The number of hydrogen-bond donors (Lipinski definition) is 2. The van der Waals surface area contributed by atoms with Gasteiger partial charge in [-0.2, -0.15) is 0 Å². The summed E-state index contributed by atoms with van der Waals surface area (Å²) in [6, 6.07) is 0. The zero-order chi connectivity index (χ0) is 31.0. The van der Waals surface area contributed by atoms with Gasteiger partial charge in [0.2, 0.25) is 0 Å². The average Bonchev–Trinajstić information content (AvgIpc) is 3.02. The molecule has 3 N–H and O–H groups in total. The standard InChI is InChI=1S/C28H59NO14/c29-1-3-31-5-7-33-9-11-35-13-15-37-17-19-39-21-23-41-25-27-43-28-26-42-24-22-40-20-18-38-16-14-36-12-10-34-8-6-32-4-2-30/h30H,1-29H2. The lowest BCUT2D eigenvalue weighted by molar-refractivity contribution is -0.0292. The van der Waals surface area contributed by atoms with Crippen LogP contribution in [0.3, 0.4) is 0 Å². The zero-order valence-corrected chi connectivity index (χ0v) is 26.1. The highest BCUT2D eigenvalue weighted by Crippen LogP contribution is 1.87. The van der Waals surface area contributed by atoms with Gasteiger partial charge in [-0.3, -0.25) is 0 Å². The summed E-state index contributed by atoms with van der Waals surface area (Å²) in [5.41, 5.74) is 5.33. The molecular formula is C28H59NO14. The summed E-state index contributed by atoms with van der Waals surface area (Å²) in [5.74, 6) is 0. The van der Waals surface area contributed by atoms with E-state index in [1.54, 1.807) is 0 Å². The maximum absolute atomic E-state index is 8.57. The van der Waals surface area contributed by atoms with Crippen molar-refractivity contribution in [1.29, 1.82) is 0 Å². The molecule has 0 unspecified atom stereocenters. The summed E-state index contributed by atoms with van der Waals surface area (Å²) >= 11 is 0. The Hall–Kier alpha value is -0.600. The molecule has 0 amide bonds. The molecule has 0 spiro atoms. The molecule has 0 rings (SSSR count). The second-order valence-electron chi connectivity index (χ2n) is 8.47. The van der Waals surface area contributed by atoms with E-state index in [2.05, 4.69) is 0 Å². The van der Waals surface area contributed by atoms with Gasteiger partial charge in [0.15, 0.2) is 0 Å². The van der Waals surface area contributed by atoms with Crippen molar-refractivity contribution in [3.8, 4) is 0 Å². The van der Waals surface area contributed by atoms with Gasteiger partial charge in [0.25, 0.3) is 0 Å². The maximum Gasteiger partial charge on any atom is 0.0701 e. The molecule has 0 fully saturated rings. The Labute approximate surface area is 257 Å². The third-order valence-electron chi connectivity index (χ3n) is 4.96. The number of hydrogen-bond acceptors (Lipinski definition) is 15. The predicted molar refractivity (Wildman–Crippen MR) is 157 cm³/mol. The number of nitrogens with two attached hydrogens (primary N) is 1. The Kier molecular flexibility index (Phi) is 40.8. The lowest BCUT2D eigenvalue weighted by Crippen LogP contribution is -2.16. The lowest BCUT2D eigenvalue weighted by atomic mass is 10.6. The molecule has 0 heterocycles. The fourth-order valence-electron chi connectivity index (χ4n) is 2.89. The fourth-order valence-corrected chi connectivity index (χ4v) is 2.89. The van der Waals surface area contributed by atoms with Gasteiger partial charge in [0.05, 0.1) is 178 Å². The molecule has 0 bridgehead atoms. The van der Waals surface area contributed by atoms with Gasteiger partial charge in [-0.05, 0) is 0 Å². The van der Waals surface area contributed by atoms with E-state index in [0.29, 0.717) is 178 Å². The lowest BCUT2D eigenvalue weighted by Gasteiger charge is -2.09. The predicted octanol–water partition coefficient (Wildman–Crippen LogP) is -0.847. The van der Waals surface area contributed by atoms with E-state index in [4.69, 9.17) is 72.4 Å². The highest BCUT2D eigenvalue weighted by Gasteiger charge is 1.96. The molecule has 0 aliphatic carbocycles. The quantitative estimate of drug-likeness (QED) is 0.0801. The maximum atomic E-state index is 8.57. The summed E-state index contributed by atoms with van der Waals surface area (Å²) in [5, 5.41) is 8.57. The van der Waals surface area contributed by atoms with Crippen LogP contribution in [0, 0.1) is 0 Å². The van der Waals surface area contributed by atoms with E-state index in [1.807, 2.05) is 0 Å². The minimum atomic E-state index is 0.0245. The fraction of sp³-hybridized carbons (Fsp3) is 1.00. The number of aliphatic hydroxyl groups is 1. The molecule has 43 heavy (non-hydrogen) atoms. The van der Waals surface area contributed by atoms with Crippen LogP contribution in [0.1, 0.15) is 0 Å². The summed E-state index contributed by atoms with van der Waals surface area (Å²) in [6.07, 6.45) is 0. The van der Waals surface area contributed by atoms with Gasteiger partial charge in [-0.15, -0.1) is 0 Å². The van der Waals surface area contributed by atoms with E-state index in [9.17, 15) is 0 Å². The van der Waals surface area contributed by atoms with Crippen molar-refractivity contribution in [3.05, 3.63) is 0 Å². The summed E-state index contributed by atoms with van der Waals surface area (Å²) in [4.78, 5) is 0. The van der Waals surface area contributed by atoms with Gasteiger partial charge in [-0.1, -0.05) is 0 Å². The molecule has 0 aromatic carbocycles. The first-order valence-corrected chi connectivity index (χ1v) is 15.2. The molecular weight excluding hydrogens is 574 g/mol. The second kappa shape index (κ2) is 41.4. The first kappa shape index (κ1) is 42.4. The van der Waals surface area contributed by atoms with E-state index in [-0.39, 0.29) is 6.61 Å². The van der Waals surface area contributed by atoms with Crippen LogP contribution in [0.25, 0.3) is 0 Å². The van der Waals surface area contributed by atoms with Crippen LogP contribution >= 0.6 is 0 Å². The Morgan fingerprint density at radius 2 is 0.372 bits per heavy atom. The number of aliphatic hydroxyl groups excluding tert-OH is 1. The van der Waals surface area contributed by atoms with Crippen LogP contribution in [0.4, 0.5) is 0 Å². The van der Waals surface area contributed by atoms with Crippen LogP contribution < -0.4 is 5.73 Å². The van der Waals surface area contributed by atoms with Gasteiger partial charge >= 0.3 is 0 Å². The largest absolute Gasteiger partial charge is 0.394 e. The highest BCUT2D eigenvalue weighted by atomic mass is 16.6. The first-order valence-electron chi connectivity index (χ1n) is 15.2. The van der Waals surface area contributed by atoms with Crippen LogP contribution in [0.15, 0.2) is 0 Å². The molecule has 260 valence electrons. The molecule has 0 aromatic rings. The summed E-state index contributed by atoms with van der Waals surface area (Å²) < 4.78 is 69.9. The third kappa shape index (κ3) is 41.4. The molecule has 15 heteroatoms. The third-order valence-corrected chi connectivity index (χ3v) is 4.96. The molecule has 0 saturated carbocycles. The zero-order valence-electron chi connectivity index (χ0n) is 26.1. The molecule has 0 radical (unpaired) electrons. The Morgan fingerprint density at radius 3 is 0.512 bits per heavy atom. The van der Waals surface area contributed by atoms with E-state index in [0.717, 1.165) is 0 Å². The first-order chi connectivity index (χ1) is 21.4. The topological polar surface area (TPSA) is 166 Å². The van der Waals surface area contributed by atoms with Crippen molar-refractivity contribution in [2.75, 3.05) is 185 Å². The van der Waals surface area contributed by atoms with Crippen molar-refractivity contribution in [1.82, 2.24) is 0 Å². The Morgan fingerprint density at radius 1 is 0.233 bits per heavy atom. The summed E-state index contributed by atoms with van der Waals surface area (Å²) in [6.45, 7) is 13.7. The Balaban J connectivity index is 3.02. The van der Waals surface area contributed by atoms with Crippen molar-refractivity contribution in [3.63, 3.8) is 0 Å². The molecule has 0 aromatic heterocycles. The molecule has 0 atom stereocenters.